The first-order valence-corrected chi connectivity index (χ1v) is 11.0. The van der Waals surface area contributed by atoms with Gasteiger partial charge in [0.2, 0.25) is 0 Å². The molecule has 0 atom stereocenters. The molecule has 4 nitrogen and oxygen atoms in total. The van der Waals surface area contributed by atoms with Crippen molar-refractivity contribution in [2.75, 3.05) is 6.54 Å². The lowest BCUT2D eigenvalue weighted by molar-refractivity contribution is -0.125. The monoisotopic (exact) mass is 439 g/mol. The van der Waals surface area contributed by atoms with Crippen molar-refractivity contribution in [3.05, 3.63) is 112 Å². The lowest BCUT2D eigenvalue weighted by Crippen LogP contribution is -2.36. The van der Waals surface area contributed by atoms with Crippen molar-refractivity contribution in [3.63, 3.8) is 0 Å². The minimum Gasteiger partial charge on any atom is -0.334 e. The van der Waals surface area contributed by atoms with Crippen molar-refractivity contribution >= 4 is 29.2 Å². The van der Waals surface area contributed by atoms with E-state index in [1.165, 1.54) is 0 Å². The highest BCUT2D eigenvalue weighted by atomic mass is 35.5. The van der Waals surface area contributed by atoms with E-state index in [1.54, 1.807) is 0 Å². The molecule has 2 heterocycles. The molecule has 0 saturated carbocycles. The Hall–Kier alpha value is -3.63. The fourth-order valence-electron chi connectivity index (χ4n) is 4.12. The van der Waals surface area contributed by atoms with E-state index in [1.807, 2.05) is 95.9 Å². The Morgan fingerprint density at radius 2 is 1.72 bits per heavy atom. The molecule has 5 heteroatoms. The van der Waals surface area contributed by atoms with Crippen molar-refractivity contribution in [2.24, 2.45) is 0 Å². The van der Waals surface area contributed by atoms with Gasteiger partial charge < -0.3 is 4.90 Å². The molecule has 5 rings (SSSR count). The summed E-state index contributed by atoms with van der Waals surface area (Å²) in [4.78, 5) is 15.7. The van der Waals surface area contributed by atoms with Crippen molar-refractivity contribution < 1.29 is 4.79 Å². The largest absolute Gasteiger partial charge is 0.334 e. The standard InChI is InChI=1S/C27H22ClN3O/c28-22-13-7-12-21(17-22)26-24-18-31(15-14-25(24)29-30-26)27(32)23(20-10-5-2-6-11-20)16-19-8-3-1-4-9-19/h1-13,16-17H,14-15,18H2,(H,29,30)/b23-16-. The number of hydrogen-bond donors (Lipinski definition) is 1. The molecule has 0 radical (unpaired) electrons. The zero-order valence-corrected chi connectivity index (χ0v) is 18.2. The summed E-state index contributed by atoms with van der Waals surface area (Å²) in [6.45, 7) is 1.15. The molecule has 1 amide bonds. The second-order valence-electron chi connectivity index (χ2n) is 7.85. The number of carbonyl (C=O) groups is 1. The summed E-state index contributed by atoms with van der Waals surface area (Å²) in [5.41, 5.74) is 6.54. The topological polar surface area (TPSA) is 49.0 Å². The van der Waals surface area contributed by atoms with Crippen LogP contribution in [0.4, 0.5) is 0 Å². The summed E-state index contributed by atoms with van der Waals surface area (Å²) in [7, 11) is 0. The lowest BCUT2D eigenvalue weighted by atomic mass is 9.98. The third-order valence-electron chi connectivity index (χ3n) is 5.74. The molecular formula is C27H22ClN3O. The normalized spacial score (nSPS) is 13.7. The van der Waals surface area contributed by atoms with Gasteiger partial charge in [0.1, 0.15) is 0 Å². The van der Waals surface area contributed by atoms with Crippen molar-refractivity contribution in [2.45, 2.75) is 13.0 Å². The molecule has 0 saturated heterocycles. The van der Waals surface area contributed by atoms with Gasteiger partial charge in [0.25, 0.3) is 5.91 Å². The van der Waals surface area contributed by atoms with E-state index in [0.29, 0.717) is 23.7 Å². The summed E-state index contributed by atoms with van der Waals surface area (Å²) in [6.07, 6.45) is 2.71. The number of benzene rings is 3. The average Bonchev–Trinajstić information content (AvgIpc) is 3.27. The minimum atomic E-state index is 0.0175. The molecule has 0 bridgehead atoms. The first-order valence-electron chi connectivity index (χ1n) is 10.6. The van der Waals surface area contributed by atoms with Gasteiger partial charge in [-0.25, -0.2) is 0 Å². The number of hydrogen-bond acceptors (Lipinski definition) is 2. The quantitative estimate of drug-likeness (QED) is 0.320. The van der Waals surface area contributed by atoms with Gasteiger partial charge in [0.15, 0.2) is 0 Å². The molecule has 4 aromatic rings. The first-order chi connectivity index (χ1) is 15.7. The van der Waals surface area contributed by atoms with Crippen LogP contribution >= 0.6 is 11.6 Å². The van der Waals surface area contributed by atoms with Crippen molar-refractivity contribution in [1.82, 2.24) is 15.1 Å². The summed E-state index contributed by atoms with van der Waals surface area (Å²) in [6, 6.07) is 27.5. The number of amides is 1. The number of rotatable bonds is 4. The van der Waals surface area contributed by atoms with Gasteiger partial charge in [-0.15, -0.1) is 0 Å². The van der Waals surface area contributed by atoms with Gasteiger partial charge in [0.05, 0.1) is 5.69 Å². The van der Waals surface area contributed by atoms with E-state index in [-0.39, 0.29) is 5.91 Å². The fourth-order valence-corrected chi connectivity index (χ4v) is 4.31. The highest BCUT2D eigenvalue weighted by Crippen LogP contribution is 2.31. The van der Waals surface area contributed by atoms with Gasteiger partial charge in [-0.3, -0.25) is 9.89 Å². The molecule has 1 aromatic heterocycles. The number of nitrogens with zero attached hydrogens (tertiary/aromatic N) is 2. The van der Waals surface area contributed by atoms with E-state index in [2.05, 4.69) is 10.2 Å². The van der Waals surface area contributed by atoms with Crippen LogP contribution in [0.25, 0.3) is 22.9 Å². The number of H-pyrrole nitrogens is 1. The van der Waals surface area contributed by atoms with Crippen LogP contribution in [0.2, 0.25) is 5.02 Å². The molecule has 32 heavy (non-hydrogen) atoms. The maximum absolute atomic E-state index is 13.7. The van der Waals surface area contributed by atoms with Crippen LogP contribution in [0.1, 0.15) is 22.4 Å². The van der Waals surface area contributed by atoms with Gasteiger partial charge in [-0.05, 0) is 29.3 Å². The van der Waals surface area contributed by atoms with Gasteiger partial charge in [-0.1, -0.05) is 84.4 Å². The number of fused-ring (bicyclic) bond motifs is 1. The third kappa shape index (κ3) is 4.10. The second kappa shape index (κ2) is 8.85. The maximum Gasteiger partial charge on any atom is 0.254 e. The Morgan fingerprint density at radius 3 is 2.47 bits per heavy atom. The summed E-state index contributed by atoms with van der Waals surface area (Å²) in [5, 5.41) is 8.36. The molecule has 0 aliphatic carbocycles. The first kappa shape index (κ1) is 20.3. The highest BCUT2D eigenvalue weighted by molar-refractivity contribution is 6.30. The molecule has 158 valence electrons. The van der Waals surface area contributed by atoms with Crippen LogP contribution in [0.3, 0.4) is 0 Å². The van der Waals surface area contributed by atoms with E-state index in [9.17, 15) is 4.79 Å². The summed E-state index contributed by atoms with van der Waals surface area (Å²) in [5.74, 6) is 0.0175. The predicted octanol–water partition coefficient (Wildman–Crippen LogP) is 5.86. The molecule has 0 unspecified atom stereocenters. The highest BCUT2D eigenvalue weighted by Gasteiger charge is 2.28. The van der Waals surface area contributed by atoms with Crippen LogP contribution < -0.4 is 0 Å². The Morgan fingerprint density at radius 1 is 0.969 bits per heavy atom. The van der Waals surface area contributed by atoms with E-state index in [0.717, 1.165) is 40.1 Å². The number of aromatic amines is 1. The Kier molecular flexibility index (Phi) is 5.61. The Balaban J connectivity index is 1.49. The summed E-state index contributed by atoms with van der Waals surface area (Å²) < 4.78 is 0. The number of aromatic nitrogens is 2. The predicted molar refractivity (Wildman–Crippen MR) is 129 cm³/mol. The van der Waals surface area contributed by atoms with Gasteiger partial charge in [-0.2, -0.15) is 5.10 Å². The van der Waals surface area contributed by atoms with Crippen LogP contribution in [0.15, 0.2) is 84.9 Å². The second-order valence-corrected chi connectivity index (χ2v) is 8.29. The van der Waals surface area contributed by atoms with E-state index < -0.39 is 0 Å². The average molecular weight is 440 g/mol. The van der Waals surface area contributed by atoms with Gasteiger partial charge >= 0.3 is 0 Å². The van der Waals surface area contributed by atoms with Crippen LogP contribution in [-0.4, -0.2) is 27.5 Å². The van der Waals surface area contributed by atoms with Crippen molar-refractivity contribution in [1.29, 1.82) is 0 Å². The van der Waals surface area contributed by atoms with Gasteiger partial charge in [0, 0.05) is 46.9 Å². The smallest absolute Gasteiger partial charge is 0.254 e. The van der Waals surface area contributed by atoms with Crippen LogP contribution in [-0.2, 0) is 17.8 Å². The summed E-state index contributed by atoms with van der Waals surface area (Å²) >= 11 is 6.20. The molecule has 0 spiro atoms. The van der Waals surface area contributed by atoms with E-state index >= 15 is 0 Å². The molecule has 1 aliphatic heterocycles. The lowest BCUT2D eigenvalue weighted by Gasteiger charge is -2.28. The van der Waals surface area contributed by atoms with Crippen LogP contribution in [0.5, 0.6) is 0 Å². The van der Waals surface area contributed by atoms with Crippen molar-refractivity contribution in [3.8, 4) is 11.3 Å². The molecule has 1 N–H and O–H groups in total. The number of halogens is 1. The van der Waals surface area contributed by atoms with E-state index in [4.69, 9.17) is 11.6 Å². The Labute approximate surface area is 192 Å². The van der Waals surface area contributed by atoms with Crippen LogP contribution in [0, 0.1) is 0 Å². The Bertz CT molecular complexity index is 1280. The SMILES string of the molecule is O=C(/C(=C\c1ccccc1)c1ccccc1)N1CCc2[nH]nc(-c3cccc(Cl)c3)c2C1. The molecule has 0 fully saturated rings. The number of nitrogens with one attached hydrogen (secondary N) is 1. The zero-order valence-electron chi connectivity index (χ0n) is 17.5. The zero-order chi connectivity index (χ0) is 21.9. The maximum atomic E-state index is 13.7. The molecule has 1 aliphatic rings. The number of carbonyl (C=O) groups excluding carboxylic acids is 1. The molecular weight excluding hydrogens is 418 g/mol. The fraction of sp³-hybridized carbons (Fsp3) is 0.111. The minimum absolute atomic E-state index is 0.0175. The third-order valence-corrected chi connectivity index (χ3v) is 5.98. The molecule has 3 aromatic carbocycles.